The van der Waals surface area contributed by atoms with Crippen LogP contribution in [-0.2, 0) is 9.68 Å². The van der Waals surface area contributed by atoms with Gasteiger partial charge in [-0.15, -0.1) is 0 Å². The average Bonchev–Trinajstić information content (AvgIpc) is 2.12. The van der Waals surface area contributed by atoms with Crippen molar-refractivity contribution in [1.82, 2.24) is 0 Å². The molecule has 0 aromatic heterocycles. The summed E-state index contributed by atoms with van der Waals surface area (Å²) < 4.78 is 0. The highest BCUT2D eigenvalue weighted by molar-refractivity contribution is 5.72. The Balaban J connectivity index is 4.53. The van der Waals surface area contributed by atoms with Crippen molar-refractivity contribution in [1.29, 1.82) is 0 Å². The van der Waals surface area contributed by atoms with Gasteiger partial charge in [0.1, 0.15) is 0 Å². The van der Waals surface area contributed by atoms with E-state index in [4.69, 9.17) is 5.26 Å². The highest BCUT2D eigenvalue weighted by Crippen LogP contribution is 2.35. The van der Waals surface area contributed by atoms with E-state index in [2.05, 4.69) is 11.8 Å². The van der Waals surface area contributed by atoms with Gasteiger partial charge in [0, 0.05) is 0 Å². The van der Waals surface area contributed by atoms with Gasteiger partial charge in [-0.05, 0) is 18.3 Å². The van der Waals surface area contributed by atoms with E-state index < -0.39 is 5.97 Å². The van der Waals surface area contributed by atoms with Gasteiger partial charge in [-0.2, -0.15) is 5.26 Å². The molecule has 0 saturated carbocycles. The molecule has 0 rings (SSSR count). The average molecular weight is 202 g/mol. The number of hydrogen-bond acceptors (Lipinski definition) is 3. The van der Waals surface area contributed by atoms with E-state index in [-0.39, 0.29) is 11.3 Å². The SMILES string of the molecule is CCCC(C(=O)OO)C(C)(C)CCC. The second-order valence-electron chi connectivity index (χ2n) is 4.49. The summed E-state index contributed by atoms with van der Waals surface area (Å²) in [6.45, 7) is 8.22. The van der Waals surface area contributed by atoms with Gasteiger partial charge in [0.15, 0.2) is 0 Å². The summed E-state index contributed by atoms with van der Waals surface area (Å²) in [5, 5.41) is 8.41. The van der Waals surface area contributed by atoms with Gasteiger partial charge in [-0.1, -0.05) is 40.5 Å². The van der Waals surface area contributed by atoms with Crippen molar-refractivity contribution in [3.63, 3.8) is 0 Å². The van der Waals surface area contributed by atoms with Gasteiger partial charge in [-0.3, -0.25) is 0 Å². The van der Waals surface area contributed by atoms with Crippen LogP contribution in [0.15, 0.2) is 0 Å². The van der Waals surface area contributed by atoms with Crippen molar-refractivity contribution < 1.29 is 14.9 Å². The first-order valence-corrected chi connectivity index (χ1v) is 5.34. The molecule has 0 aliphatic rings. The normalized spacial score (nSPS) is 13.8. The minimum Gasteiger partial charge on any atom is -0.301 e. The molecule has 0 spiro atoms. The lowest BCUT2D eigenvalue weighted by atomic mass is 9.73. The van der Waals surface area contributed by atoms with Crippen molar-refractivity contribution in [2.45, 2.75) is 53.4 Å². The lowest BCUT2D eigenvalue weighted by Gasteiger charge is -2.31. The third-order valence-electron chi connectivity index (χ3n) is 2.79. The Morgan fingerprint density at radius 1 is 1.36 bits per heavy atom. The number of carbonyl (C=O) groups is 1. The zero-order valence-electron chi connectivity index (χ0n) is 9.67. The summed E-state index contributed by atoms with van der Waals surface area (Å²) in [7, 11) is 0. The predicted molar refractivity (Wildman–Crippen MR) is 55.8 cm³/mol. The fourth-order valence-electron chi connectivity index (χ4n) is 2.00. The molecule has 84 valence electrons. The van der Waals surface area contributed by atoms with E-state index in [0.29, 0.717) is 0 Å². The Kier molecular flexibility index (Phi) is 5.77. The molecule has 14 heavy (non-hydrogen) atoms. The van der Waals surface area contributed by atoms with Crippen LogP contribution in [0.5, 0.6) is 0 Å². The van der Waals surface area contributed by atoms with Crippen LogP contribution in [0.1, 0.15) is 53.4 Å². The summed E-state index contributed by atoms with van der Waals surface area (Å²) in [6, 6.07) is 0. The van der Waals surface area contributed by atoms with Gasteiger partial charge in [0.25, 0.3) is 0 Å². The van der Waals surface area contributed by atoms with E-state index in [1.165, 1.54) is 0 Å². The third-order valence-corrected chi connectivity index (χ3v) is 2.79. The molecule has 1 N–H and O–H groups in total. The van der Waals surface area contributed by atoms with Crippen LogP contribution >= 0.6 is 0 Å². The molecule has 0 amide bonds. The second-order valence-corrected chi connectivity index (χ2v) is 4.49. The first-order valence-electron chi connectivity index (χ1n) is 5.34. The van der Waals surface area contributed by atoms with Gasteiger partial charge in [-0.25, -0.2) is 4.79 Å². The molecule has 3 heteroatoms. The lowest BCUT2D eigenvalue weighted by molar-refractivity contribution is -0.242. The van der Waals surface area contributed by atoms with Crippen LogP contribution in [0.4, 0.5) is 0 Å². The maximum Gasteiger partial charge on any atom is 0.345 e. The Morgan fingerprint density at radius 2 is 1.93 bits per heavy atom. The van der Waals surface area contributed by atoms with Crippen molar-refractivity contribution in [3.8, 4) is 0 Å². The van der Waals surface area contributed by atoms with E-state index in [1.54, 1.807) is 0 Å². The monoisotopic (exact) mass is 202 g/mol. The third kappa shape index (κ3) is 3.66. The first-order chi connectivity index (χ1) is 6.49. The van der Waals surface area contributed by atoms with E-state index in [9.17, 15) is 4.79 Å². The molecule has 0 aromatic rings. The molecule has 1 unspecified atom stereocenters. The molecule has 3 nitrogen and oxygen atoms in total. The van der Waals surface area contributed by atoms with Gasteiger partial charge in [0.05, 0.1) is 5.92 Å². The summed E-state index contributed by atoms with van der Waals surface area (Å²) in [6.07, 6.45) is 3.69. The largest absolute Gasteiger partial charge is 0.345 e. The Morgan fingerprint density at radius 3 is 2.29 bits per heavy atom. The van der Waals surface area contributed by atoms with Crippen LogP contribution in [0, 0.1) is 11.3 Å². The maximum absolute atomic E-state index is 11.4. The molecule has 0 aromatic carbocycles. The molecule has 0 radical (unpaired) electrons. The van der Waals surface area contributed by atoms with E-state index in [1.807, 2.05) is 20.8 Å². The topological polar surface area (TPSA) is 46.5 Å². The fraction of sp³-hybridized carbons (Fsp3) is 0.909. The zero-order chi connectivity index (χ0) is 11.2. The fourth-order valence-corrected chi connectivity index (χ4v) is 2.00. The van der Waals surface area contributed by atoms with E-state index in [0.717, 1.165) is 25.7 Å². The lowest BCUT2D eigenvalue weighted by Crippen LogP contribution is -2.32. The van der Waals surface area contributed by atoms with Crippen molar-refractivity contribution >= 4 is 5.97 Å². The molecule has 0 fully saturated rings. The quantitative estimate of drug-likeness (QED) is 0.531. The Bertz CT molecular complexity index is 175. The van der Waals surface area contributed by atoms with Crippen LogP contribution < -0.4 is 0 Å². The summed E-state index contributed by atoms with van der Waals surface area (Å²) >= 11 is 0. The van der Waals surface area contributed by atoms with Crippen LogP contribution in [-0.4, -0.2) is 11.2 Å². The predicted octanol–water partition coefficient (Wildman–Crippen LogP) is 3.25. The summed E-state index contributed by atoms with van der Waals surface area (Å²) in [5.41, 5.74) is -0.0927. The zero-order valence-corrected chi connectivity index (χ0v) is 9.67. The standard InChI is InChI=1S/C11H22O3/c1-5-7-9(10(12)14-13)11(3,4)8-6-2/h9,13H,5-8H2,1-4H3. The van der Waals surface area contributed by atoms with Gasteiger partial charge in [0.2, 0.25) is 0 Å². The van der Waals surface area contributed by atoms with Gasteiger partial charge < -0.3 is 4.89 Å². The maximum atomic E-state index is 11.4. The first kappa shape index (κ1) is 13.4. The molecular formula is C11H22O3. The van der Waals surface area contributed by atoms with Crippen molar-refractivity contribution in [2.24, 2.45) is 11.3 Å². The number of rotatable bonds is 6. The Labute approximate surface area is 86.4 Å². The smallest absolute Gasteiger partial charge is 0.301 e. The summed E-state index contributed by atoms with van der Waals surface area (Å²) in [4.78, 5) is 15.2. The molecule has 0 aliphatic heterocycles. The second kappa shape index (κ2) is 6.02. The van der Waals surface area contributed by atoms with Crippen LogP contribution in [0.2, 0.25) is 0 Å². The number of carbonyl (C=O) groups excluding carboxylic acids is 1. The van der Waals surface area contributed by atoms with Gasteiger partial charge >= 0.3 is 5.97 Å². The van der Waals surface area contributed by atoms with Crippen LogP contribution in [0.25, 0.3) is 0 Å². The minimum atomic E-state index is -0.495. The number of hydrogen-bond donors (Lipinski definition) is 1. The Hall–Kier alpha value is -0.570. The summed E-state index contributed by atoms with van der Waals surface area (Å²) in [5.74, 6) is -0.692. The highest BCUT2D eigenvalue weighted by atomic mass is 17.1. The molecule has 0 bridgehead atoms. The molecular weight excluding hydrogens is 180 g/mol. The highest BCUT2D eigenvalue weighted by Gasteiger charge is 2.35. The molecule has 0 aliphatic carbocycles. The molecule has 0 heterocycles. The van der Waals surface area contributed by atoms with Crippen LogP contribution in [0.3, 0.4) is 0 Å². The van der Waals surface area contributed by atoms with E-state index >= 15 is 0 Å². The molecule has 0 saturated heterocycles. The minimum absolute atomic E-state index is 0.0927. The van der Waals surface area contributed by atoms with Crippen molar-refractivity contribution in [3.05, 3.63) is 0 Å². The molecule has 1 atom stereocenters. The van der Waals surface area contributed by atoms with Crippen molar-refractivity contribution in [2.75, 3.05) is 0 Å².